The molecule has 0 atom stereocenters. The first-order valence-electron chi connectivity index (χ1n) is 6.90. The van der Waals surface area contributed by atoms with Gasteiger partial charge in [0, 0.05) is 0 Å². The van der Waals surface area contributed by atoms with E-state index in [0.29, 0.717) is 36.1 Å². The first-order valence-corrected chi connectivity index (χ1v) is 6.90. The smallest absolute Gasteiger partial charge is 0.338 e. The summed E-state index contributed by atoms with van der Waals surface area (Å²) in [6, 6.07) is 5.05. The van der Waals surface area contributed by atoms with E-state index in [9.17, 15) is 4.79 Å². The van der Waals surface area contributed by atoms with Crippen molar-refractivity contribution in [2.24, 2.45) is 5.92 Å². The van der Waals surface area contributed by atoms with Crippen molar-refractivity contribution in [2.45, 2.75) is 32.6 Å². The summed E-state index contributed by atoms with van der Waals surface area (Å²) in [5, 5.41) is 0. The van der Waals surface area contributed by atoms with Crippen molar-refractivity contribution < 1.29 is 14.3 Å². The Balaban J connectivity index is 1.96. The third-order valence-electron chi connectivity index (χ3n) is 3.47. The number of rotatable bonds is 5. The molecule has 2 rings (SSSR count). The highest BCUT2D eigenvalue weighted by atomic mass is 16.5. The molecule has 0 aromatic heterocycles. The van der Waals surface area contributed by atoms with Gasteiger partial charge in [0.05, 0.1) is 24.5 Å². The second-order valence-electron chi connectivity index (χ2n) is 4.93. The largest absolute Gasteiger partial charge is 0.491 e. The molecule has 104 valence electrons. The molecule has 0 unspecified atom stereocenters. The highest BCUT2D eigenvalue weighted by Crippen LogP contribution is 2.28. The number of ether oxygens (including phenoxy) is 2. The number of esters is 1. The summed E-state index contributed by atoms with van der Waals surface area (Å²) in [6.45, 7) is 2.85. The van der Waals surface area contributed by atoms with Crippen LogP contribution in [0.1, 0.15) is 43.0 Å². The topological polar surface area (TPSA) is 61.5 Å². The second kappa shape index (κ2) is 6.45. The van der Waals surface area contributed by atoms with E-state index < -0.39 is 0 Å². The maximum atomic E-state index is 11.6. The van der Waals surface area contributed by atoms with Gasteiger partial charge in [-0.05, 0) is 43.9 Å². The van der Waals surface area contributed by atoms with Gasteiger partial charge in [-0.3, -0.25) is 0 Å². The molecule has 4 nitrogen and oxygen atoms in total. The molecule has 0 spiro atoms. The highest BCUT2D eigenvalue weighted by Gasteiger charge is 2.16. The Morgan fingerprint density at radius 1 is 1.37 bits per heavy atom. The number of benzene rings is 1. The van der Waals surface area contributed by atoms with Crippen molar-refractivity contribution in [2.75, 3.05) is 18.9 Å². The van der Waals surface area contributed by atoms with Gasteiger partial charge in [0.2, 0.25) is 0 Å². The van der Waals surface area contributed by atoms with Gasteiger partial charge in [-0.15, -0.1) is 0 Å². The summed E-state index contributed by atoms with van der Waals surface area (Å²) >= 11 is 0. The van der Waals surface area contributed by atoms with Gasteiger partial charge in [0.25, 0.3) is 0 Å². The Hall–Kier alpha value is -1.71. The van der Waals surface area contributed by atoms with Crippen LogP contribution in [0, 0.1) is 5.92 Å². The third-order valence-corrected chi connectivity index (χ3v) is 3.47. The molecule has 0 amide bonds. The molecule has 0 saturated heterocycles. The normalized spacial score (nSPS) is 15.4. The summed E-state index contributed by atoms with van der Waals surface area (Å²) in [6.07, 6.45) is 5.07. The van der Waals surface area contributed by atoms with Gasteiger partial charge in [-0.25, -0.2) is 4.79 Å². The molecular weight excluding hydrogens is 242 g/mol. The summed E-state index contributed by atoms with van der Waals surface area (Å²) in [5.41, 5.74) is 6.86. The molecule has 0 aliphatic heterocycles. The predicted octanol–water partition coefficient (Wildman–Crippen LogP) is 3.01. The lowest BCUT2D eigenvalue weighted by molar-refractivity contribution is 0.0526. The average Bonchev–Trinajstić information content (AvgIpc) is 2.90. The maximum Gasteiger partial charge on any atom is 0.338 e. The van der Waals surface area contributed by atoms with Crippen LogP contribution in [-0.2, 0) is 4.74 Å². The summed E-state index contributed by atoms with van der Waals surface area (Å²) in [5.74, 6) is 0.945. The highest BCUT2D eigenvalue weighted by molar-refractivity contribution is 5.91. The fourth-order valence-corrected chi connectivity index (χ4v) is 2.41. The Kier molecular flexibility index (Phi) is 4.66. The van der Waals surface area contributed by atoms with Crippen molar-refractivity contribution in [1.82, 2.24) is 0 Å². The zero-order valence-electron chi connectivity index (χ0n) is 11.4. The minimum Gasteiger partial charge on any atom is -0.491 e. The molecule has 4 heteroatoms. The molecule has 0 radical (unpaired) electrons. The quantitative estimate of drug-likeness (QED) is 0.655. The maximum absolute atomic E-state index is 11.6. The van der Waals surface area contributed by atoms with Crippen LogP contribution in [0.2, 0.25) is 0 Å². The van der Waals surface area contributed by atoms with Crippen molar-refractivity contribution >= 4 is 11.7 Å². The van der Waals surface area contributed by atoms with Gasteiger partial charge in [-0.2, -0.15) is 0 Å². The third kappa shape index (κ3) is 3.63. The molecule has 0 heterocycles. The first-order chi connectivity index (χ1) is 9.20. The number of nitrogens with two attached hydrogens (primary N) is 1. The van der Waals surface area contributed by atoms with Crippen molar-refractivity contribution in [3.63, 3.8) is 0 Å². The molecule has 0 bridgehead atoms. The number of carbonyl (C=O) groups is 1. The minimum absolute atomic E-state index is 0.350. The standard InChI is InChI=1S/C15H21NO3/c1-2-18-15(17)12-7-8-14(13(16)9-12)19-10-11-5-3-4-6-11/h7-9,11H,2-6,10,16H2,1H3. The first kappa shape index (κ1) is 13.7. The van der Waals surface area contributed by atoms with Crippen LogP contribution in [-0.4, -0.2) is 19.2 Å². The molecule has 1 saturated carbocycles. The van der Waals surface area contributed by atoms with Crippen LogP contribution in [0.4, 0.5) is 5.69 Å². The summed E-state index contributed by atoms with van der Waals surface area (Å²) in [7, 11) is 0. The van der Waals surface area contributed by atoms with Crippen LogP contribution >= 0.6 is 0 Å². The van der Waals surface area contributed by atoms with E-state index in [1.54, 1.807) is 25.1 Å². The fourth-order valence-electron chi connectivity index (χ4n) is 2.41. The van der Waals surface area contributed by atoms with Crippen LogP contribution in [0.25, 0.3) is 0 Å². The van der Waals surface area contributed by atoms with E-state index in [4.69, 9.17) is 15.2 Å². The minimum atomic E-state index is -0.350. The molecule has 1 aromatic carbocycles. The Morgan fingerprint density at radius 3 is 2.74 bits per heavy atom. The molecule has 1 aliphatic rings. The van der Waals surface area contributed by atoms with E-state index in [-0.39, 0.29) is 5.97 Å². The van der Waals surface area contributed by atoms with Gasteiger partial charge in [0.1, 0.15) is 5.75 Å². The lowest BCUT2D eigenvalue weighted by Crippen LogP contribution is -2.10. The van der Waals surface area contributed by atoms with E-state index in [2.05, 4.69) is 0 Å². The molecule has 1 aromatic rings. The fraction of sp³-hybridized carbons (Fsp3) is 0.533. The average molecular weight is 263 g/mol. The summed E-state index contributed by atoms with van der Waals surface area (Å²) in [4.78, 5) is 11.6. The number of nitrogen functional groups attached to an aromatic ring is 1. The van der Waals surface area contributed by atoms with Gasteiger partial charge < -0.3 is 15.2 Å². The number of hydrogen-bond acceptors (Lipinski definition) is 4. The molecule has 2 N–H and O–H groups in total. The van der Waals surface area contributed by atoms with E-state index in [0.717, 1.165) is 0 Å². The number of carbonyl (C=O) groups excluding carboxylic acids is 1. The van der Waals surface area contributed by atoms with Crippen LogP contribution in [0.3, 0.4) is 0 Å². The Bertz CT molecular complexity index is 439. The van der Waals surface area contributed by atoms with Gasteiger partial charge >= 0.3 is 5.97 Å². The van der Waals surface area contributed by atoms with E-state index >= 15 is 0 Å². The SMILES string of the molecule is CCOC(=O)c1ccc(OCC2CCCC2)c(N)c1. The molecule has 19 heavy (non-hydrogen) atoms. The Morgan fingerprint density at radius 2 is 2.11 bits per heavy atom. The zero-order chi connectivity index (χ0) is 13.7. The molecule has 1 fully saturated rings. The van der Waals surface area contributed by atoms with Crippen LogP contribution in [0.15, 0.2) is 18.2 Å². The monoisotopic (exact) mass is 263 g/mol. The van der Waals surface area contributed by atoms with Crippen LogP contribution in [0.5, 0.6) is 5.75 Å². The lowest BCUT2D eigenvalue weighted by atomic mass is 10.1. The van der Waals surface area contributed by atoms with Crippen molar-refractivity contribution in [3.05, 3.63) is 23.8 Å². The predicted molar refractivity (Wildman–Crippen MR) is 74.3 cm³/mol. The van der Waals surface area contributed by atoms with Crippen molar-refractivity contribution in [1.29, 1.82) is 0 Å². The van der Waals surface area contributed by atoms with E-state index in [1.807, 2.05) is 0 Å². The van der Waals surface area contributed by atoms with Gasteiger partial charge in [0.15, 0.2) is 0 Å². The van der Waals surface area contributed by atoms with Gasteiger partial charge in [-0.1, -0.05) is 12.8 Å². The van der Waals surface area contributed by atoms with Crippen molar-refractivity contribution in [3.8, 4) is 5.75 Å². The molecular formula is C15H21NO3. The Labute approximate surface area is 113 Å². The zero-order valence-corrected chi connectivity index (χ0v) is 11.4. The second-order valence-corrected chi connectivity index (χ2v) is 4.93. The van der Waals surface area contributed by atoms with Crippen LogP contribution < -0.4 is 10.5 Å². The summed E-state index contributed by atoms with van der Waals surface area (Å²) < 4.78 is 10.7. The number of hydrogen-bond donors (Lipinski definition) is 1. The number of anilines is 1. The van der Waals surface area contributed by atoms with E-state index in [1.165, 1.54) is 25.7 Å². The molecule has 1 aliphatic carbocycles. The lowest BCUT2D eigenvalue weighted by Gasteiger charge is -2.13.